The molecule has 2 aromatic carbocycles. The molecular weight excluding hydrogens is 244 g/mol. The van der Waals surface area contributed by atoms with Crippen LogP contribution < -0.4 is 0 Å². The first kappa shape index (κ1) is 12.7. The van der Waals surface area contributed by atoms with E-state index in [1.165, 1.54) is 5.56 Å². The SMILES string of the molecule is Cc1cccc(SCc2ccccc2C(=O)O)c1. The lowest BCUT2D eigenvalue weighted by Gasteiger charge is -2.06. The second-order valence-electron chi connectivity index (χ2n) is 4.07. The van der Waals surface area contributed by atoms with Gasteiger partial charge in [-0.15, -0.1) is 11.8 Å². The van der Waals surface area contributed by atoms with E-state index in [1.54, 1.807) is 23.9 Å². The molecule has 0 atom stereocenters. The average molecular weight is 258 g/mol. The van der Waals surface area contributed by atoms with Gasteiger partial charge in [-0.2, -0.15) is 0 Å². The highest BCUT2D eigenvalue weighted by Gasteiger charge is 2.08. The van der Waals surface area contributed by atoms with E-state index >= 15 is 0 Å². The molecule has 2 nitrogen and oxygen atoms in total. The fourth-order valence-electron chi connectivity index (χ4n) is 1.72. The molecule has 0 heterocycles. The number of rotatable bonds is 4. The van der Waals surface area contributed by atoms with Gasteiger partial charge in [0.2, 0.25) is 0 Å². The summed E-state index contributed by atoms with van der Waals surface area (Å²) < 4.78 is 0. The molecule has 92 valence electrons. The minimum absolute atomic E-state index is 0.387. The summed E-state index contributed by atoms with van der Waals surface area (Å²) in [7, 11) is 0. The molecule has 0 fully saturated rings. The lowest BCUT2D eigenvalue weighted by atomic mass is 10.1. The predicted octanol–water partition coefficient (Wildman–Crippen LogP) is 3.99. The van der Waals surface area contributed by atoms with E-state index in [-0.39, 0.29) is 0 Å². The smallest absolute Gasteiger partial charge is 0.335 e. The number of benzene rings is 2. The molecule has 0 amide bonds. The summed E-state index contributed by atoms with van der Waals surface area (Å²) >= 11 is 1.66. The van der Waals surface area contributed by atoms with Crippen LogP contribution in [-0.2, 0) is 5.75 Å². The van der Waals surface area contributed by atoms with Crippen molar-refractivity contribution in [2.45, 2.75) is 17.6 Å². The third-order valence-electron chi connectivity index (χ3n) is 2.63. The maximum absolute atomic E-state index is 11.1. The average Bonchev–Trinajstić information content (AvgIpc) is 2.37. The van der Waals surface area contributed by atoms with Crippen LogP contribution in [0.1, 0.15) is 21.5 Å². The number of carboxylic acid groups (broad SMARTS) is 1. The summed E-state index contributed by atoms with van der Waals surface area (Å²) in [5.74, 6) is -0.193. The Kier molecular flexibility index (Phi) is 4.05. The first-order chi connectivity index (χ1) is 8.66. The van der Waals surface area contributed by atoms with Gasteiger partial charge in [-0.3, -0.25) is 0 Å². The Bertz CT molecular complexity index is 564. The van der Waals surface area contributed by atoms with Crippen LogP contribution in [0.4, 0.5) is 0 Å². The van der Waals surface area contributed by atoms with Gasteiger partial charge in [-0.1, -0.05) is 35.9 Å². The van der Waals surface area contributed by atoms with Crippen LogP contribution in [0.3, 0.4) is 0 Å². The quantitative estimate of drug-likeness (QED) is 0.843. The van der Waals surface area contributed by atoms with Crippen molar-refractivity contribution in [1.29, 1.82) is 0 Å². The first-order valence-electron chi connectivity index (χ1n) is 5.67. The number of carbonyl (C=O) groups is 1. The molecule has 2 rings (SSSR count). The molecule has 0 saturated heterocycles. The highest BCUT2D eigenvalue weighted by Crippen LogP contribution is 2.25. The van der Waals surface area contributed by atoms with Crippen LogP contribution in [0.15, 0.2) is 53.4 Å². The normalized spacial score (nSPS) is 10.3. The molecule has 1 N–H and O–H groups in total. The zero-order valence-corrected chi connectivity index (χ0v) is 10.9. The number of thioether (sulfide) groups is 1. The van der Waals surface area contributed by atoms with Gasteiger partial charge >= 0.3 is 5.97 Å². The van der Waals surface area contributed by atoms with Crippen LogP contribution in [0.2, 0.25) is 0 Å². The Hall–Kier alpha value is -1.74. The number of carboxylic acids is 1. The van der Waals surface area contributed by atoms with E-state index in [0.29, 0.717) is 11.3 Å². The summed E-state index contributed by atoms with van der Waals surface area (Å²) in [6.07, 6.45) is 0. The topological polar surface area (TPSA) is 37.3 Å². The first-order valence-corrected chi connectivity index (χ1v) is 6.66. The van der Waals surface area contributed by atoms with Crippen molar-refractivity contribution >= 4 is 17.7 Å². The second-order valence-corrected chi connectivity index (χ2v) is 5.12. The lowest BCUT2D eigenvalue weighted by molar-refractivity contribution is 0.0696. The van der Waals surface area contributed by atoms with E-state index in [1.807, 2.05) is 24.3 Å². The van der Waals surface area contributed by atoms with Crippen molar-refractivity contribution in [2.75, 3.05) is 0 Å². The van der Waals surface area contributed by atoms with Crippen molar-refractivity contribution < 1.29 is 9.90 Å². The number of hydrogen-bond acceptors (Lipinski definition) is 2. The molecule has 2 aromatic rings. The summed E-state index contributed by atoms with van der Waals surface area (Å²) in [5.41, 5.74) is 2.46. The number of hydrogen-bond donors (Lipinski definition) is 1. The standard InChI is InChI=1S/C15H14O2S/c1-11-5-4-7-13(9-11)18-10-12-6-2-3-8-14(12)15(16)17/h2-9H,10H2,1H3,(H,16,17). The molecule has 3 heteroatoms. The fraction of sp³-hybridized carbons (Fsp3) is 0.133. The highest BCUT2D eigenvalue weighted by molar-refractivity contribution is 7.98. The Balaban J connectivity index is 2.13. The molecule has 0 aliphatic rings. The predicted molar refractivity (Wildman–Crippen MR) is 74.1 cm³/mol. The van der Waals surface area contributed by atoms with Gasteiger partial charge < -0.3 is 5.11 Å². The van der Waals surface area contributed by atoms with Gasteiger partial charge in [0, 0.05) is 10.6 Å². The molecule has 0 aromatic heterocycles. The van der Waals surface area contributed by atoms with Crippen molar-refractivity contribution in [1.82, 2.24) is 0 Å². The Morgan fingerprint density at radius 3 is 2.67 bits per heavy atom. The fourth-order valence-corrected chi connectivity index (χ4v) is 2.74. The summed E-state index contributed by atoms with van der Waals surface area (Å²) in [4.78, 5) is 12.2. The number of aryl methyl sites for hydroxylation is 1. The summed E-state index contributed by atoms with van der Waals surface area (Å²) in [5, 5.41) is 9.10. The van der Waals surface area contributed by atoms with Crippen LogP contribution in [0.25, 0.3) is 0 Å². The zero-order valence-electron chi connectivity index (χ0n) is 10.1. The summed E-state index contributed by atoms with van der Waals surface area (Å²) in [6, 6.07) is 15.4. The van der Waals surface area contributed by atoms with E-state index in [4.69, 9.17) is 5.11 Å². The van der Waals surface area contributed by atoms with Gasteiger partial charge in [0.05, 0.1) is 5.56 Å². The van der Waals surface area contributed by atoms with Gasteiger partial charge in [-0.25, -0.2) is 4.79 Å². The van der Waals surface area contributed by atoms with Crippen LogP contribution in [0.5, 0.6) is 0 Å². The lowest BCUT2D eigenvalue weighted by Crippen LogP contribution is -2.00. The van der Waals surface area contributed by atoms with Crippen molar-refractivity contribution in [2.24, 2.45) is 0 Å². The van der Waals surface area contributed by atoms with Crippen LogP contribution >= 0.6 is 11.8 Å². The van der Waals surface area contributed by atoms with E-state index in [0.717, 1.165) is 10.5 Å². The number of aromatic carboxylic acids is 1. The molecule has 0 saturated carbocycles. The molecular formula is C15H14O2S. The molecule has 0 spiro atoms. The third-order valence-corrected chi connectivity index (χ3v) is 3.67. The molecule has 0 unspecified atom stereocenters. The summed E-state index contributed by atoms with van der Waals surface area (Å²) in [6.45, 7) is 2.05. The van der Waals surface area contributed by atoms with Gasteiger partial charge in [-0.05, 0) is 30.7 Å². The van der Waals surface area contributed by atoms with Gasteiger partial charge in [0.15, 0.2) is 0 Å². The van der Waals surface area contributed by atoms with Crippen LogP contribution in [0, 0.1) is 6.92 Å². The monoisotopic (exact) mass is 258 g/mol. The minimum Gasteiger partial charge on any atom is -0.478 e. The van der Waals surface area contributed by atoms with Gasteiger partial charge in [0.1, 0.15) is 0 Å². The van der Waals surface area contributed by atoms with Crippen molar-refractivity contribution in [3.63, 3.8) is 0 Å². The Morgan fingerprint density at radius 1 is 1.17 bits per heavy atom. The Labute approximate surface area is 111 Å². The molecule has 0 aliphatic carbocycles. The van der Waals surface area contributed by atoms with Crippen molar-refractivity contribution in [3.05, 3.63) is 65.2 Å². The largest absolute Gasteiger partial charge is 0.478 e. The van der Waals surface area contributed by atoms with E-state index < -0.39 is 5.97 Å². The second kappa shape index (κ2) is 5.74. The van der Waals surface area contributed by atoms with Gasteiger partial charge in [0.25, 0.3) is 0 Å². The third kappa shape index (κ3) is 3.14. The molecule has 18 heavy (non-hydrogen) atoms. The molecule has 0 bridgehead atoms. The van der Waals surface area contributed by atoms with Crippen molar-refractivity contribution in [3.8, 4) is 0 Å². The maximum atomic E-state index is 11.1. The van der Waals surface area contributed by atoms with E-state index in [9.17, 15) is 4.79 Å². The maximum Gasteiger partial charge on any atom is 0.335 e. The Morgan fingerprint density at radius 2 is 1.94 bits per heavy atom. The molecule has 0 aliphatic heterocycles. The molecule has 0 radical (unpaired) electrons. The zero-order chi connectivity index (χ0) is 13.0. The highest BCUT2D eigenvalue weighted by atomic mass is 32.2. The minimum atomic E-state index is -0.865. The van der Waals surface area contributed by atoms with Crippen LogP contribution in [-0.4, -0.2) is 11.1 Å². The van der Waals surface area contributed by atoms with E-state index in [2.05, 4.69) is 19.1 Å².